The van der Waals surface area contributed by atoms with E-state index in [9.17, 15) is 0 Å². The van der Waals surface area contributed by atoms with E-state index in [1.54, 1.807) is 14.2 Å². The molecule has 0 saturated carbocycles. The molecule has 0 N–H and O–H groups in total. The van der Waals surface area contributed by atoms with Crippen molar-refractivity contribution in [3.8, 4) is 11.5 Å². The lowest BCUT2D eigenvalue weighted by atomic mass is 9.88. The molecule has 4 heteroatoms. The molecule has 4 rings (SSSR count). The number of anilines is 2. The summed E-state index contributed by atoms with van der Waals surface area (Å²) >= 11 is 0. The first-order chi connectivity index (χ1) is 15.2. The Kier molecular flexibility index (Phi) is 6.78. The summed E-state index contributed by atoms with van der Waals surface area (Å²) in [5, 5.41) is 4.69. The zero-order valence-electron chi connectivity index (χ0n) is 18.8. The SMILES string of the molecule is COc1ccc(CCC2CCN(C)N(c3ccc(OC)cc3)c3ccccc3C2)cc1. The molecule has 0 bridgehead atoms. The second-order valence-corrected chi connectivity index (χ2v) is 8.27. The molecule has 1 heterocycles. The topological polar surface area (TPSA) is 24.9 Å². The first-order valence-corrected chi connectivity index (χ1v) is 11.0. The highest BCUT2D eigenvalue weighted by atomic mass is 16.5. The predicted molar refractivity (Wildman–Crippen MR) is 127 cm³/mol. The van der Waals surface area contributed by atoms with Crippen LogP contribution in [0, 0.1) is 5.92 Å². The Labute approximate surface area is 186 Å². The van der Waals surface area contributed by atoms with Crippen LogP contribution in [0.1, 0.15) is 24.0 Å². The van der Waals surface area contributed by atoms with Crippen molar-refractivity contribution in [2.45, 2.75) is 25.7 Å². The fourth-order valence-electron chi connectivity index (χ4n) is 4.43. The zero-order chi connectivity index (χ0) is 21.6. The quantitative estimate of drug-likeness (QED) is 0.501. The number of rotatable bonds is 6. The molecule has 0 saturated heterocycles. The number of hydrogen-bond donors (Lipinski definition) is 0. The molecule has 4 nitrogen and oxygen atoms in total. The van der Waals surface area contributed by atoms with Crippen LogP contribution in [0.25, 0.3) is 0 Å². The van der Waals surface area contributed by atoms with Crippen LogP contribution in [-0.2, 0) is 12.8 Å². The van der Waals surface area contributed by atoms with Crippen LogP contribution >= 0.6 is 0 Å². The third kappa shape index (κ3) is 5.02. The Morgan fingerprint density at radius 1 is 0.839 bits per heavy atom. The van der Waals surface area contributed by atoms with Gasteiger partial charge in [0.05, 0.1) is 25.6 Å². The minimum Gasteiger partial charge on any atom is -0.497 e. The number of aryl methyl sites for hydroxylation is 1. The van der Waals surface area contributed by atoms with Crippen molar-refractivity contribution in [3.05, 3.63) is 83.9 Å². The molecule has 0 aliphatic carbocycles. The summed E-state index contributed by atoms with van der Waals surface area (Å²) in [7, 11) is 5.61. The maximum Gasteiger partial charge on any atom is 0.119 e. The minimum absolute atomic E-state index is 0.656. The summed E-state index contributed by atoms with van der Waals surface area (Å²) in [5.41, 5.74) is 5.21. The Balaban J connectivity index is 1.54. The fraction of sp³-hybridized carbons (Fsp3) is 0.333. The van der Waals surface area contributed by atoms with Gasteiger partial charge in [0, 0.05) is 13.6 Å². The van der Waals surface area contributed by atoms with Gasteiger partial charge in [0.25, 0.3) is 0 Å². The summed E-state index contributed by atoms with van der Waals surface area (Å²) in [5.74, 6) is 2.46. The number of hydrogen-bond acceptors (Lipinski definition) is 4. The Morgan fingerprint density at radius 2 is 1.48 bits per heavy atom. The van der Waals surface area contributed by atoms with Gasteiger partial charge in [0.15, 0.2) is 0 Å². The van der Waals surface area contributed by atoms with Gasteiger partial charge in [-0.2, -0.15) is 0 Å². The second-order valence-electron chi connectivity index (χ2n) is 8.27. The van der Waals surface area contributed by atoms with Crippen LogP contribution in [0.3, 0.4) is 0 Å². The van der Waals surface area contributed by atoms with Crippen LogP contribution in [0.4, 0.5) is 11.4 Å². The van der Waals surface area contributed by atoms with Crippen molar-refractivity contribution in [2.75, 3.05) is 32.8 Å². The zero-order valence-corrected chi connectivity index (χ0v) is 18.8. The van der Waals surface area contributed by atoms with E-state index in [-0.39, 0.29) is 0 Å². The third-order valence-electron chi connectivity index (χ3n) is 6.25. The van der Waals surface area contributed by atoms with Crippen molar-refractivity contribution in [1.29, 1.82) is 0 Å². The molecular weight excluding hydrogens is 384 g/mol. The van der Waals surface area contributed by atoms with Gasteiger partial charge in [-0.05, 0) is 85.2 Å². The highest BCUT2D eigenvalue weighted by Gasteiger charge is 2.24. The minimum atomic E-state index is 0.656. The summed E-state index contributed by atoms with van der Waals surface area (Å²) in [4.78, 5) is 0. The van der Waals surface area contributed by atoms with Crippen LogP contribution < -0.4 is 14.5 Å². The third-order valence-corrected chi connectivity index (χ3v) is 6.25. The molecule has 1 aliphatic rings. The lowest BCUT2D eigenvalue weighted by molar-refractivity contribution is 0.286. The summed E-state index contributed by atoms with van der Waals surface area (Å²) < 4.78 is 10.6. The first kappa shape index (κ1) is 21.3. The van der Waals surface area contributed by atoms with Gasteiger partial charge in [0.2, 0.25) is 0 Å². The van der Waals surface area contributed by atoms with Crippen molar-refractivity contribution in [2.24, 2.45) is 5.92 Å². The van der Waals surface area contributed by atoms with Crippen molar-refractivity contribution >= 4 is 11.4 Å². The van der Waals surface area contributed by atoms with Gasteiger partial charge in [-0.25, -0.2) is 5.01 Å². The first-order valence-electron chi connectivity index (χ1n) is 11.0. The largest absolute Gasteiger partial charge is 0.497 e. The van der Waals surface area contributed by atoms with Crippen molar-refractivity contribution in [3.63, 3.8) is 0 Å². The van der Waals surface area contributed by atoms with Gasteiger partial charge in [-0.15, -0.1) is 0 Å². The summed E-state index contributed by atoms with van der Waals surface area (Å²) in [6.07, 6.45) is 4.57. The van der Waals surface area contributed by atoms with Crippen LogP contribution in [0.5, 0.6) is 11.5 Å². The van der Waals surface area contributed by atoms with Crippen molar-refractivity contribution < 1.29 is 9.47 Å². The number of hydrazine groups is 1. The molecule has 0 spiro atoms. The van der Waals surface area contributed by atoms with E-state index in [4.69, 9.17) is 9.47 Å². The highest BCUT2D eigenvalue weighted by Crippen LogP contribution is 2.35. The van der Waals surface area contributed by atoms with E-state index in [1.807, 2.05) is 12.1 Å². The molecule has 3 aromatic rings. The Morgan fingerprint density at radius 3 is 2.16 bits per heavy atom. The fourth-order valence-corrected chi connectivity index (χ4v) is 4.43. The number of nitrogens with zero attached hydrogens (tertiary/aromatic N) is 2. The standard InChI is InChI=1S/C27H32N2O2/c1-28-19-18-22(9-8-21-10-14-25(30-2)15-11-21)20-23-6-4-5-7-27(23)29(28)24-12-16-26(31-3)17-13-24/h4-7,10-17,22H,8-9,18-20H2,1-3H3. The molecule has 162 valence electrons. The van der Waals surface area contributed by atoms with Gasteiger partial charge in [-0.1, -0.05) is 30.3 Å². The maximum atomic E-state index is 5.35. The average molecular weight is 417 g/mol. The molecule has 1 aliphatic heterocycles. The van der Waals surface area contributed by atoms with Gasteiger partial charge >= 0.3 is 0 Å². The number of methoxy groups -OCH3 is 2. The molecule has 1 unspecified atom stereocenters. The lowest BCUT2D eigenvalue weighted by Crippen LogP contribution is -2.39. The number of fused-ring (bicyclic) bond motifs is 1. The van der Waals surface area contributed by atoms with E-state index in [2.05, 4.69) is 77.7 Å². The molecule has 0 amide bonds. The van der Waals surface area contributed by atoms with Crippen molar-refractivity contribution in [1.82, 2.24) is 5.01 Å². The molecule has 0 aromatic heterocycles. The highest BCUT2D eigenvalue weighted by molar-refractivity contribution is 5.66. The van der Waals surface area contributed by atoms with Gasteiger partial charge in [-0.3, -0.25) is 5.01 Å². The number of ether oxygens (including phenoxy) is 2. The molecule has 1 atom stereocenters. The second kappa shape index (κ2) is 9.88. The van der Waals surface area contributed by atoms with E-state index in [0.29, 0.717) is 5.92 Å². The molecular formula is C27H32N2O2. The Hall–Kier alpha value is -2.98. The normalized spacial score (nSPS) is 16.9. The summed E-state index contributed by atoms with van der Waals surface area (Å²) in [6, 6.07) is 25.6. The number of para-hydroxylation sites is 1. The van der Waals surface area contributed by atoms with E-state index >= 15 is 0 Å². The monoisotopic (exact) mass is 416 g/mol. The van der Waals surface area contributed by atoms with E-state index < -0.39 is 0 Å². The smallest absolute Gasteiger partial charge is 0.119 e. The molecule has 31 heavy (non-hydrogen) atoms. The molecule has 0 radical (unpaired) electrons. The number of benzene rings is 3. The molecule has 0 fully saturated rings. The lowest BCUT2D eigenvalue weighted by Gasteiger charge is -2.38. The van der Waals surface area contributed by atoms with E-state index in [1.165, 1.54) is 29.7 Å². The maximum absolute atomic E-state index is 5.35. The molecule has 3 aromatic carbocycles. The van der Waals surface area contributed by atoms with Crippen LogP contribution in [-0.4, -0.2) is 32.8 Å². The Bertz CT molecular complexity index is 969. The van der Waals surface area contributed by atoms with Crippen LogP contribution in [0.15, 0.2) is 72.8 Å². The van der Waals surface area contributed by atoms with Gasteiger partial charge in [0.1, 0.15) is 11.5 Å². The van der Waals surface area contributed by atoms with Gasteiger partial charge < -0.3 is 9.47 Å². The van der Waals surface area contributed by atoms with E-state index in [0.717, 1.165) is 36.6 Å². The summed E-state index contributed by atoms with van der Waals surface area (Å²) in [6.45, 7) is 1.02. The van der Waals surface area contributed by atoms with Crippen LogP contribution in [0.2, 0.25) is 0 Å². The predicted octanol–water partition coefficient (Wildman–Crippen LogP) is 5.88. The average Bonchev–Trinajstić information content (AvgIpc) is 2.81.